The van der Waals surface area contributed by atoms with Gasteiger partial charge in [0.2, 0.25) is 0 Å². The van der Waals surface area contributed by atoms with E-state index in [1.807, 2.05) is 31.2 Å². The normalized spacial score (nSPS) is 11.0. The quantitative estimate of drug-likeness (QED) is 0.594. The van der Waals surface area contributed by atoms with Crippen molar-refractivity contribution in [2.75, 3.05) is 0 Å². The van der Waals surface area contributed by atoms with E-state index in [1.54, 1.807) is 12.1 Å². The number of hydrogen-bond acceptors (Lipinski definition) is 4. The number of fused-ring (bicyclic) bond motifs is 1. The Balaban J connectivity index is 1.99. The Kier molecular flexibility index (Phi) is 3.62. The van der Waals surface area contributed by atoms with E-state index >= 15 is 0 Å². The molecule has 4 rings (SSSR count). The Bertz CT molecular complexity index is 1190. The lowest BCUT2D eigenvalue weighted by Gasteiger charge is -2.09. The van der Waals surface area contributed by atoms with Crippen molar-refractivity contribution in [1.29, 1.82) is 0 Å². The summed E-state index contributed by atoms with van der Waals surface area (Å²) in [5.41, 5.74) is 3.66. The molecule has 7 heteroatoms. The summed E-state index contributed by atoms with van der Waals surface area (Å²) in [6.45, 7) is 1.98. The van der Waals surface area contributed by atoms with Crippen molar-refractivity contribution >= 4 is 17.1 Å². The topological polar surface area (TPSA) is 101 Å². The third-order valence-electron chi connectivity index (χ3n) is 4.16. The number of aromatic nitrogens is 4. The van der Waals surface area contributed by atoms with Crippen LogP contribution in [0.25, 0.3) is 28.0 Å². The first-order valence-corrected chi connectivity index (χ1v) is 7.89. The molecule has 0 bridgehead atoms. The van der Waals surface area contributed by atoms with Crippen molar-refractivity contribution < 1.29 is 9.90 Å². The van der Waals surface area contributed by atoms with E-state index in [0.29, 0.717) is 22.4 Å². The molecule has 0 fully saturated rings. The monoisotopic (exact) mass is 346 g/mol. The molecule has 2 heterocycles. The third-order valence-corrected chi connectivity index (χ3v) is 4.16. The number of carboxylic acid groups (broad SMARTS) is 1. The van der Waals surface area contributed by atoms with E-state index in [2.05, 4.69) is 15.0 Å². The van der Waals surface area contributed by atoms with Crippen LogP contribution in [0.15, 0.2) is 59.8 Å². The number of carbonyl (C=O) groups is 1. The first-order valence-electron chi connectivity index (χ1n) is 7.89. The fourth-order valence-electron chi connectivity index (χ4n) is 2.87. The summed E-state index contributed by atoms with van der Waals surface area (Å²) in [4.78, 5) is 34.7. The predicted molar refractivity (Wildman–Crippen MR) is 96.6 cm³/mol. The van der Waals surface area contributed by atoms with Crippen LogP contribution >= 0.6 is 0 Å². The van der Waals surface area contributed by atoms with Crippen LogP contribution in [0.3, 0.4) is 0 Å². The Morgan fingerprint density at radius 3 is 2.62 bits per heavy atom. The molecule has 0 saturated carbocycles. The summed E-state index contributed by atoms with van der Waals surface area (Å²) in [6.07, 6.45) is 2.84. The summed E-state index contributed by atoms with van der Waals surface area (Å²) in [5.74, 6) is -1.07. The van der Waals surface area contributed by atoms with Crippen LogP contribution in [-0.4, -0.2) is 30.6 Å². The molecular weight excluding hydrogens is 332 g/mol. The lowest BCUT2D eigenvalue weighted by Crippen LogP contribution is -2.15. The predicted octanol–water partition coefficient (Wildman–Crippen LogP) is 2.78. The summed E-state index contributed by atoms with van der Waals surface area (Å²) < 4.78 is 1.35. The molecule has 0 spiro atoms. The SMILES string of the molecule is Cc1ccc(-c2cc(C(=O)O)cc(-n3c(=O)[nH]c4cncnc43)c2)cc1. The average Bonchev–Trinajstić information content (AvgIpc) is 2.97. The molecule has 0 saturated heterocycles. The number of carboxylic acids is 1. The van der Waals surface area contributed by atoms with Gasteiger partial charge >= 0.3 is 11.7 Å². The Hall–Kier alpha value is -3.74. The number of hydrogen-bond donors (Lipinski definition) is 2. The zero-order valence-electron chi connectivity index (χ0n) is 13.8. The Morgan fingerprint density at radius 2 is 1.88 bits per heavy atom. The molecule has 0 aliphatic heterocycles. The van der Waals surface area contributed by atoms with Crippen LogP contribution in [0.1, 0.15) is 15.9 Å². The average molecular weight is 346 g/mol. The summed E-state index contributed by atoms with van der Waals surface area (Å²) in [5, 5.41) is 9.48. The molecule has 128 valence electrons. The van der Waals surface area contributed by atoms with E-state index in [0.717, 1.165) is 11.1 Å². The molecule has 0 unspecified atom stereocenters. The smallest absolute Gasteiger partial charge is 0.335 e. The fraction of sp³-hybridized carbons (Fsp3) is 0.0526. The lowest BCUT2D eigenvalue weighted by molar-refractivity contribution is 0.0697. The van der Waals surface area contributed by atoms with Gasteiger partial charge in [-0.2, -0.15) is 0 Å². The van der Waals surface area contributed by atoms with Gasteiger partial charge in [0.15, 0.2) is 5.65 Å². The molecule has 0 aliphatic carbocycles. The number of aromatic carboxylic acids is 1. The van der Waals surface area contributed by atoms with Gasteiger partial charge in [0.25, 0.3) is 0 Å². The number of nitrogens with zero attached hydrogens (tertiary/aromatic N) is 3. The van der Waals surface area contributed by atoms with Gasteiger partial charge < -0.3 is 10.1 Å². The van der Waals surface area contributed by atoms with Crippen LogP contribution in [0, 0.1) is 6.92 Å². The fourth-order valence-corrected chi connectivity index (χ4v) is 2.87. The van der Waals surface area contributed by atoms with Crippen LogP contribution in [-0.2, 0) is 0 Å². The molecular formula is C19H14N4O3. The van der Waals surface area contributed by atoms with Gasteiger partial charge in [-0.1, -0.05) is 29.8 Å². The second kappa shape index (κ2) is 5.96. The van der Waals surface area contributed by atoms with E-state index in [-0.39, 0.29) is 5.56 Å². The number of benzene rings is 2. The highest BCUT2D eigenvalue weighted by molar-refractivity contribution is 5.91. The maximum absolute atomic E-state index is 12.4. The molecule has 2 aromatic carbocycles. The van der Waals surface area contributed by atoms with E-state index in [4.69, 9.17) is 0 Å². The zero-order chi connectivity index (χ0) is 18.3. The number of aryl methyl sites for hydroxylation is 1. The summed E-state index contributed by atoms with van der Waals surface area (Å²) in [7, 11) is 0. The van der Waals surface area contributed by atoms with Gasteiger partial charge in [0, 0.05) is 0 Å². The van der Waals surface area contributed by atoms with Gasteiger partial charge in [0.05, 0.1) is 17.4 Å². The van der Waals surface area contributed by atoms with Gasteiger partial charge in [0.1, 0.15) is 11.8 Å². The molecule has 2 N–H and O–H groups in total. The number of rotatable bonds is 3. The van der Waals surface area contributed by atoms with E-state index in [9.17, 15) is 14.7 Å². The second-order valence-electron chi connectivity index (χ2n) is 5.97. The molecule has 0 radical (unpaired) electrons. The van der Waals surface area contributed by atoms with E-state index in [1.165, 1.54) is 23.2 Å². The van der Waals surface area contributed by atoms with Crippen molar-refractivity contribution in [3.8, 4) is 16.8 Å². The zero-order valence-corrected chi connectivity index (χ0v) is 13.8. The maximum atomic E-state index is 12.4. The molecule has 0 atom stereocenters. The lowest BCUT2D eigenvalue weighted by atomic mass is 10.0. The third kappa shape index (κ3) is 2.65. The second-order valence-corrected chi connectivity index (χ2v) is 5.97. The Labute approximate surface area is 147 Å². The highest BCUT2D eigenvalue weighted by Gasteiger charge is 2.14. The molecule has 2 aromatic heterocycles. The van der Waals surface area contributed by atoms with Gasteiger partial charge in [-0.05, 0) is 36.2 Å². The largest absolute Gasteiger partial charge is 0.478 e. The Morgan fingerprint density at radius 1 is 1.12 bits per heavy atom. The molecule has 26 heavy (non-hydrogen) atoms. The van der Waals surface area contributed by atoms with Crippen LogP contribution < -0.4 is 5.69 Å². The minimum Gasteiger partial charge on any atom is -0.478 e. The van der Waals surface area contributed by atoms with Gasteiger partial charge in [-0.3, -0.25) is 0 Å². The van der Waals surface area contributed by atoms with Crippen LogP contribution in [0.4, 0.5) is 0 Å². The molecule has 0 aliphatic rings. The number of nitrogens with one attached hydrogen (secondary N) is 1. The molecule has 7 nitrogen and oxygen atoms in total. The molecule has 0 amide bonds. The highest BCUT2D eigenvalue weighted by atomic mass is 16.4. The minimum atomic E-state index is -1.07. The van der Waals surface area contributed by atoms with Gasteiger partial charge in [-0.15, -0.1) is 0 Å². The standard InChI is InChI=1S/C19H14N4O3/c1-11-2-4-12(5-3-11)13-6-14(18(24)25)8-15(7-13)23-17-16(22-19(23)26)9-20-10-21-17/h2-10H,1H3,(H,22,26)(H,24,25). The number of aromatic amines is 1. The van der Waals surface area contributed by atoms with Crippen LogP contribution in [0.2, 0.25) is 0 Å². The maximum Gasteiger partial charge on any atom is 0.335 e. The van der Waals surface area contributed by atoms with E-state index < -0.39 is 11.7 Å². The van der Waals surface area contributed by atoms with Crippen molar-refractivity contribution in [3.63, 3.8) is 0 Å². The van der Waals surface area contributed by atoms with Crippen molar-refractivity contribution in [2.45, 2.75) is 6.92 Å². The first-order chi connectivity index (χ1) is 12.5. The van der Waals surface area contributed by atoms with Gasteiger partial charge in [-0.25, -0.2) is 24.1 Å². The highest BCUT2D eigenvalue weighted by Crippen LogP contribution is 2.25. The first kappa shape index (κ1) is 15.8. The van der Waals surface area contributed by atoms with Crippen LogP contribution in [0.5, 0.6) is 0 Å². The number of H-pyrrole nitrogens is 1. The molecule has 4 aromatic rings. The summed E-state index contributed by atoms with van der Waals surface area (Å²) in [6, 6.07) is 12.6. The minimum absolute atomic E-state index is 0.0911. The number of imidazole rings is 1. The van der Waals surface area contributed by atoms with Crippen molar-refractivity contribution in [3.05, 3.63) is 76.6 Å². The summed E-state index contributed by atoms with van der Waals surface area (Å²) >= 11 is 0. The van der Waals surface area contributed by atoms with Crippen molar-refractivity contribution in [2.24, 2.45) is 0 Å². The van der Waals surface area contributed by atoms with Crippen molar-refractivity contribution in [1.82, 2.24) is 19.5 Å².